The number of aromatic nitrogens is 7. The Morgan fingerprint density at radius 1 is 0.797 bits per heavy atom. The van der Waals surface area contributed by atoms with E-state index in [1.807, 2.05) is 74.9 Å². The molecule has 4 aromatic heterocycles. The summed E-state index contributed by atoms with van der Waals surface area (Å²) in [5.41, 5.74) is 10.6. The lowest BCUT2D eigenvalue weighted by molar-refractivity contribution is -0.118. The third-order valence-electron chi connectivity index (χ3n) is 12.2. The second-order valence-corrected chi connectivity index (χ2v) is 15.7. The number of carbonyl (C=O) groups is 1. The van der Waals surface area contributed by atoms with Crippen LogP contribution < -0.4 is 15.5 Å². The van der Waals surface area contributed by atoms with Crippen LogP contribution in [0, 0.1) is 0 Å². The van der Waals surface area contributed by atoms with Crippen molar-refractivity contribution >= 4 is 44.8 Å². The number of pyridine rings is 1. The van der Waals surface area contributed by atoms with E-state index in [-0.39, 0.29) is 23.1 Å². The average molecular weight is 790 g/mol. The van der Waals surface area contributed by atoms with Gasteiger partial charge < -0.3 is 9.80 Å². The molecule has 10 rings (SSSR count). The van der Waals surface area contributed by atoms with Crippen LogP contribution in [-0.2, 0) is 38.4 Å². The van der Waals surface area contributed by atoms with Crippen LogP contribution in [0.4, 0.5) is 25.8 Å². The first-order valence-electron chi connectivity index (χ1n) is 19.8. The van der Waals surface area contributed by atoms with Crippen LogP contribution >= 0.6 is 0 Å². The van der Waals surface area contributed by atoms with Gasteiger partial charge in [-0.25, -0.2) is 13.6 Å². The Bertz CT molecular complexity index is 3050. The Labute approximate surface area is 338 Å². The van der Waals surface area contributed by atoms with E-state index < -0.39 is 6.43 Å². The van der Waals surface area contributed by atoms with Gasteiger partial charge in [0, 0.05) is 92.0 Å². The number of anilines is 3. The molecule has 2 aliphatic rings. The van der Waals surface area contributed by atoms with Crippen LogP contribution in [0.2, 0.25) is 0 Å². The van der Waals surface area contributed by atoms with Gasteiger partial charge in [-0.3, -0.25) is 28.3 Å². The third kappa shape index (κ3) is 6.02. The van der Waals surface area contributed by atoms with Gasteiger partial charge in [0.1, 0.15) is 0 Å². The number of alkyl halides is 2. The van der Waals surface area contributed by atoms with E-state index in [0.29, 0.717) is 30.8 Å². The van der Waals surface area contributed by atoms with E-state index in [2.05, 4.69) is 33.3 Å². The molecule has 0 radical (unpaired) electrons. The molecule has 11 nitrogen and oxygen atoms in total. The number of likely N-dealkylation sites (N-methyl/N-ethyl adjacent to an activating group) is 1. The highest BCUT2D eigenvalue weighted by molar-refractivity contribution is 6.05. The maximum Gasteiger partial charge on any atom is 0.328 e. The number of aryl methyl sites for hydroxylation is 5. The summed E-state index contributed by atoms with van der Waals surface area (Å²) in [6.45, 7) is 3.27. The smallest absolute Gasteiger partial charge is 0.328 e. The zero-order valence-corrected chi connectivity index (χ0v) is 33.1. The predicted octanol–water partition coefficient (Wildman–Crippen LogP) is 8.62. The molecule has 2 aliphatic heterocycles. The summed E-state index contributed by atoms with van der Waals surface area (Å²) in [4.78, 5) is 34.8. The minimum Gasteiger partial charge on any atom is -0.341 e. The highest BCUT2D eigenvalue weighted by Crippen LogP contribution is 2.44. The van der Waals surface area contributed by atoms with Crippen LogP contribution in [0.5, 0.6) is 0 Å². The van der Waals surface area contributed by atoms with E-state index in [1.165, 1.54) is 0 Å². The van der Waals surface area contributed by atoms with Gasteiger partial charge in [0.05, 0.1) is 41.6 Å². The lowest BCUT2D eigenvalue weighted by Crippen LogP contribution is -2.25. The number of nitrogens with zero attached hydrogens (tertiary/aromatic N) is 9. The molecule has 13 heteroatoms. The van der Waals surface area contributed by atoms with Crippen molar-refractivity contribution < 1.29 is 13.6 Å². The van der Waals surface area contributed by atoms with Crippen molar-refractivity contribution in [3.05, 3.63) is 131 Å². The molecule has 6 heterocycles. The summed E-state index contributed by atoms with van der Waals surface area (Å²) in [6, 6.07) is 23.7. The average Bonchev–Trinajstić information content (AvgIpc) is 4.02. The van der Waals surface area contributed by atoms with E-state index in [9.17, 15) is 18.4 Å². The van der Waals surface area contributed by atoms with Crippen molar-refractivity contribution in [3.63, 3.8) is 0 Å². The second-order valence-electron chi connectivity index (χ2n) is 15.7. The molecule has 0 bridgehead atoms. The fourth-order valence-electron chi connectivity index (χ4n) is 9.00. The number of carbonyl (C=O) groups excluding carboxylic acids is 1. The maximum atomic E-state index is 14.9. The normalized spacial score (nSPS) is 15.2. The highest BCUT2D eigenvalue weighted by Gasteiger charge is 2.33. The Kier molecular flexibility index (Phi) is 8.58. The number of benzene rings is 4. The van der Waals surface area contributed by atoms with Crippen molar-refractivity contribution in [2.45, 2.75) is 45.2 Å². The van der Waals surface area contributed by atoms with Crippen LogP contribution in [0.3, 0.4) is 0 Å². The molecular formula is C46H41F2N9O2. The Morgan fingerprint density at radius 3 is 2.46 bits per heavy atom. The fraction of sp³-hybridized carbons (Fsp3) is 0.239. The largest absolute Gasteiger partial charge is 0.341 e. The molecule has 4 aromatic carbocycles. The van der Waals surface area contributed by atoms with Gasteiger partial charge in [0.2, 0.25) is 5.91 Å². The molecule has 0 aliphatic carbocycles. The van der Waals surface area contributed by atoms with Gasteiger partial charge in [-0.1, -0.05) is 30.3 Å². The summed E-state index contributed by atoms with van der Waals surface area (Å²) in [5, 5.41) is 10.9. The van der Waals surface area contributed by atoms with Gasteiger partial charge in [-0.2, -0.15) is 10.2 Å². The minimum atomic E-state index is -2.71. The molecule has 0 saturated carbocycles. The first-order valence-corrected chi connectivity index (χ1v) is 19.8. The number of hydrogen-bond acceptors (Lipinski definition) is 6. The molecule has 0 spiro atoms. The summed E-state index contributed by atoms with van der Waals surface area (Å²) in [7, 11) is 5.43. The van der Waals surface area contributed by atoms with Crippen molar-refractivity contribution in [1.82, 2.24) is 33.7 Å². The standard InChI is InChI=1S/C46H41F2N9O2/c1-27-34-12-11-33(20-42(34)53(3)45(27)58)56-14-6-8-30-17-36(37(44(47)48)21-41(30)56)31-22-51-55(26-31)15-16-57-43-19-29(10-13-40(43)54(4)46(57)59)35-9-5-7-28-18-39(49-24-38(28)35)32-23-50-52(2)25-32/h5,7,9-13,17-27,44H,6,8,14-16H2,1-4H3/t27-/m1/s1. The molecule has 0 N–H and O–H groups in total. The zero-order valence-electron chi connectivity index (χ0n) is 33.1. The minimum absolute atomic E-state index is 0.0474. The lowest BCUT2D eigenvalue weighted by Gasteiger charge is -2.33. The van der Waals surface area contributed by atoms with Crippen LogP contribution in [-0.4, -0.2) is 53.2 Å². The SMILES string of the molecule is C[C@H]1C(=O)N(C)c2cc(N3CCCc4cc(-c5cnn(CCn6c(=O)n(C)c7ccc(-c8cccc9cc(-c%10cnn(C)c%10)ncc89)cc76)c5)c(C(F)F)cc43)ccc21. The molecule has 8 aromatic rings. The number of imidazole rings is 1. The molecular weight excluding hydrogens is 749 g/mol. The maximum absolute atomic E-state index is 14.9. The quantitative estimate of drug-likeness (QED) is 0.153. The van der Waals surface area contributed by atoms with Gasteiger partial charge in [0.25, 0.3) is 6.43 Å². The van der Waals surface area contributed by atoms with Crippen LogP contribution in [0.25, 0.3) is 55.3 Å². The second kappa shape index (κ2) is 13.9. The van der Waals surface area contributed by atoms with E-state index in [0.717, 1.165) is 85.2 Å². The molecule has 296 valence electrons. The van der Waals surface area contributed by atoms with E-state index in [1.54, 1.807) is 62.1 Å². The van der Waals surface area contributed by atoms with Crippen LogP contribution in [0.15, 0.2) is 109 Å². The van der Waals surface area contributed by atoms with Crippen LogP contribution in [0.1, 0.15) is 42.4 Å². The zero-order chi connectivity index (χ0) is 40.7. The van der Waals surface area contributed by atoms with Crippen molar-refractivity contribution in [3.8, 4) is 33.5 Å². The first-order chi connectivity index (χ1) is 28.5. The molecule has 0 fully saturated rings. The van der Waals surface area contributed by atoms with E-state index in [4.69, 9.17) is 4.98 Å². The van der Waals surface area contributed by atoms with Gasteiger partial charge in [-0.05, 0) is 95.4 Å². The Hall–Kier alpha value is -6.89. The van der Waals surface area contributed by atoms with Gasteiger partial charge >= 0.3 is 5.69 Å². The Balaban J connectivity index is 0.935. The highest BCUT2D eigenvalue weighted by atomic mass is 19.3. The van der Waals surface area contributed by atoms with Crippen molar-refractivity contribution in [2.24, 2.45) is 14.1 Å². The van der Waals surface area contributed by atoms with Gasteiger partial charge in [-0.15, -0.1) is 0 Å². The fourth-order valence-corrected chi connectivity index (χ4v) is 9.00. The molecule has 0 unspecified atom stereocenters. The summed E-state index contributed by atoms with van der Waals surface area (Å²) in [6.07, 6.45) is 7.94. The summed E-state index contributed by atoms with van der Waals surface area (Å²) in [5.74, 6) is -0.161. The van der Waals surface area contributed by atoms with E-state index >= 15 is 0 Å². The molecule has 1 atom stereocenters. The van der Waals surface area contributed by atoms with Crippen molar-refractivity contribution in [2.75, 3.05) is 23.4 Å². The topological polar surface area (TPSA) is 99.0 Å². The lowest BCUT2D eigenvalue weighted by atomic mass is 9.92. The third-order valence-corrected chi connectivity index (χ3v) is 12.2. The molecule has 59 heavy (non-hydrogen) atoms. The van der Waals surface area contributed by atoms with Gasteiger partial charge in [0.15, 0.2) is 0 Å². The summed E-state index contributed by atoms with van der Waals surface area (Å²) < 4.78 is 36.6. The number of fused-ring (bicyclic) bond motifs is 4. The first kappa shape index (κ1) is 36.5. The number of rotatable bonds is 8. The monoisotopic (exact) mass is 789 g/mol. The number of amides is 1. The molecule has 1 amide bonds. The summed E-state index contributed by atoms with van der Waals surface area (Å²) >= 11 is 0. The predicted molar refractivity (Wildman–Crippen MR) is 226 cm³/mol. The number of hydrogen-bond donors (Lipinski definition) is 0. The number of halogens is 2. The molecule has 0 saturated heterocycles. The Morgan fingerprint density at radius 2 is 1.64 bits per heavy atom. The van der Waals surface area contributed by atoms with Crippen molar-refractivity contribution in [1.29, 1.82) is 0 Å².